The summed E-state index contributed by atoms with van der Waals surface area (Å²) >= 11 is 0. The van der Waals surface area contributed by atoms with Crippen molar-refractivity contribution in [3.63, 3.8) is 0 Å². The molecule has 1 fully saturated rings. The molecular weight excluding hydrogens is 316 g/mol. The van der Waals surface area contributed by atoms with Crippen LogP contribution in [-0.2, 0) is 6.61 Å². The highest BCUT2D eigenvalue weighted by atomic mass is 16.5. The van der Waals surface area contributed by atoms with E-state index in [9.17, 15) is 9.90 Å². The molecule has 2 atom stereocenters. The van der Waals surface area contributed by atoms with E-state index >= 15 is 0 Å². The van der Waals surface area contributed by atoms with Gasteiger partial charge in [0.2, 0.25) is 0 Å². The van der Waals surface area contributed by atoms with Crippen LogP contribution in [0, 0.1) is 6.92 Å². The van der Waals surface area contributed by atoms with Gasteiger partial charge in [-0.3, -0.25) is 9.78 Å². The van der Waals surface area contributed by atoms with Crippen molar-refractivity contribution < 1.29 is 14.6 Å². The van der Waals surface area contributed by atoms with E-state index in [2.05, 4.69) is 10.3 Å². The number of ether oxygens (including phenoxy) is 1. The van der Waals surface area contributed by atoms with Gasteiger partial charge >= 0.3 is 0 Å². The number of benzene rings is 1. The van der Waals surface area contributed by atoms with Crippen LogP contribution in [0.4, 0.5) is 0 Å². The van der Waals surface area contributed by atoms with Crippen molar-refractivity contribution in [1.29, 1.82) is 0 Å². The molecule has 2 N–H and O–H groups in total. The number of aryl methyl sites for hydroxylation is 1. The summed E-state index contributed by atoms with van der Waals surface area (Å²) in [5, 5.41) is 13.0. The third-order valence-corrected chi connectivity index (χ3v) is 4.52. The zero-order valence-corrected chi connectivity index (χ0v) is 14.4. The highest BCUT2D eigenvalue weighted by molar-refractivity contribution is 5.94. The van der Waals surface area contributed by atoms with Crippen molar-refractivity contribution in [1.82, 2.24) is 10.3 Å². The summed E-state index contributed by atoms with van der Waals surface area (Å²) < 4.78 is 5.71. The molecule has 0 spiro atoms. The molecule has 1 aliphatic rings. The molecule has 1 heterocycles. The van der Waals surface area contributed by atoms with Gasteiger partial charge in [-0.2, -0.15) is 0 Å². The number of aliphatic hydroxyl groups is 1. The van der Waals surface area contributed by atoms with E-state index in [4.69, 9.17) is 4.74 Å². The fourth-order valence-corrected chi connectivity index (χ4v) is 3.04. The van der Waals surface area contributed by atoms with Gasteiger partial charge in [0, 0.05) is 11.3 Å². The number of nitrogens with one attached hydrogen (secondary N) is 1. The van der Waals surface area contributed by atoms with Gasteiger partial charge in [0.15, 0.2) is 0 Å². The third-order valence-electron chi connectivity index (χ3n) is 4.52. The summed E-state index contributed by atoms with van der Waals surface area (Å²) in [6.45, 7) is 2.30. The minimum Gasteiger partial charge on any atom is -0.487 e. The van der Waals surface area contributed by atoms with Crippen LogP contribution in [-0.4, -0.2) is 28.1 Å². The number of hydrogen-bond acceptors (Lipinski definition) is 4. The van der Waals surface area contributed by atoms with E-state index < -0.39 is 6.10 Å². The zero-order chi connectivity index (χ0) is 17.6. The topological polar surface area (TPSA) is 71.5 Å². The Balaban J connectivity index is 1.60. The Morgan fingerprint density at radius 2 is 2.12 bits per heavy atom. The lowest BCUT2D eigenvalue weighted by Gasteiger charge is -2.28. The second-order valence-electron chi connectivity index (χ2n) is 6.56. The predicted octanol–water partition coefficient (Wildman–Crippen LogP) is 3.00. The average molecular weight is 340 g/mol. The van der Waals surface area contributed by atoms with Crippen LogP contribution in [0.1, 0.15) is 47.3 Å². The number of aromatic nitrogens is 1. The molecule has 2 unspecified atom stereocenters. The lowest BCUT2D eigenvalue weighted by atomic mass is 9.92. The van der Waals surface area contributed by atoms with Gasteiger partial charge < -0.3 is 15.2 Å². The molecule has 25 heavy (non-hydrogen) atoms. The van der Waals surface area contributed by atoms with Gasteiger partial charge in [0.1, 0.15) is 12.4 Å². The van der Waals surface area contributed by atoms with Gasteiger partial charge in [0.25, 0.3) is 5.91 Å². The molecule has 0 aliphatic heterocycles. The molecule has 0 saturated heterocycles. The van der Waals surface area contributed by atoms with Crippen LogP contribution in [0.5, 0.6) is 5.75 Å². The first kappa shape index (κ1) is 17.4. The molecule has 0 bridgehead atoms. The van der Waals surface area contributed by atoms with Crippen LogP contribution in [0.25, 0.3) is 0 Å². The fraction of sp³-hybridized carbons (Fsp3) is 0.400. The number of pyridine rings is 1. The summed E-state index contributed by atoms with van der Waals surface area (Å²) in [6, 6.07) is 11.0. The largest absolute Gasteiger partial charge is 0.487 e. The summed E-state index contributed by atoms with van der Waals surface area (Å²) in [7, 11) is 0. The van der Waals surface area contributed by atoms with E-state index in [1.54, 1.807) is 12.3 Å². The Bertz CT molecular complexity index is 715. The number of carbonyl (C=O) groups excluding carboxylic acids is 1. The van der Waals surface area contributed by atoms with Gasteiger partial charge in [-0.05, 0) is 49.6 Å². The molecular formula is C20H24N2O3. The molecule has 2 aromatic rings. The standard InChI is InChI=1S/C20H24N2O3/c1-14-9-10-17(12-21-14)25-13-15-5-4-6-16(11-15)20(24)22-18-7-2-3-8-19(18)23/h4-6,9-12,18-19,23H,2-3,7-8,13H2,1H3,(H,22,24). The number of aliphatic hydroxyl groups excluding tert-OH is 1. The summed E-state index contributed by atoms with van der Waals surface area (Å²) in [5.41, 5.74) is 2.44. The first-order chi connectivity index (χ1) is 12.1. The number of amides is 1. The zero-order valence-electron chi connectivity index (χ0n) is 14.4. The molecule has 1 aromatic carbocycles. The van der Waals surface area contributed by atoms with Crippen LogP contribution >= 0.6 is 0 Å². The van der Waals surface area contributed by atoms with E-state index in [0.717, 1.165) is 36.9 Å². The molecule has 0 radical (unpaired) electrons. The Morgan fingerprint density at radius 3 is 2.88 bits per heavy atom. The highest BCUT2D eigenvalue weighted by Gasteiger charge is 2.24. The minimum atomic E-state index is -0.446. The highest BCUT2D eigenvalue weighted by Crippen LogP contribution is 2.19. The normalized spacial score (nSPS) is 20.1. The number of nitrogens with zero attached hydrogens (tertiary/aromatic N) is 1. The Hall–Kier alpha value is -2.40. The molecule has 1 aliphatic carbocycles. The lowest BCUT2D eigenvalue weighted by Crippen LogP contribution is -2.45. The molecule has 5 nitrogen and oxygen atoms in total. The molecule has 1 aromatic heterocycles. The predicted molar refractivity (Wildman–Crippen MR) is 95.5 cm³/mol. The molecule has 1 amide bonds. The minimum absolute atomic E-state index is 0.148. The van der Waals surface area contributed by atoms with E-state index in [1.165, 1.54) is 0 Å². The van der Waals surface area contributed by atoms with E-state index in [0.29, 0.717) is 17.9 Å². The van der Waals surface area contributed by atoms with Crippen molar-refractivity contribution in [2.75, 3.05) is 0 Å². The van der Waals surface area contributed by atoms with Gasteiger partial charge in [-0.25, -0.2) is 0 Å². The summed E-state index contributed by atoms with van der Waals surface area (Å²) in [4.78, 5) is 16.6. The maximum absolute atomic E-state index is 12.4. The average Bonchev–Trinajstić information content (AvgIpc) is 2.63. The van der Waals surface area contributed by atoms with Crippen LogP contribution in [0.3, 0.4) is 0 Å². The van der Waals surface area contributed by atoms with Gasteiger partial charge in [-0.1, -0.05) is 25.0 Å². The van der Waals surface area contributed by atoms with Gasteiger partial charge in [0.05, 0.1) is 18.3 Å². The third kappa shape index (κ3) is 4.79. The smallest absolute Gasteiger partial charge is 0.251 e. The molecule has 132 valence electrons. The molecule has 3 rings (SSSR count). The van der Waals surface area contributed by atoms with Crippen molar-refractivity contribution in [2.45, 2.75) is 51.4 Å². The number of rotatable bonds is 5. The summed E-state index contributed by atoms with van der Waals surface area (Å²) in [6.07, 6.45) is 4.89. The van der Waals surface area contributed by atoms with Crippen LogP contribution in [0.15, 0.2) is 42.6 Å². The fourth-order valence-electron chi connectivity index (χ4n) is 3.04. The second kappa shape index (κ2) is 8.12. The maximum atomic E-state index is 12.4. The Kier molecular flexibility index (Phi) is 5.66. The lowest BCUT2D eigenvalue weighted by molar-refractivity contribution is 0.0717. The van der Waals surface area contributed by atoms with Crippen molar-refractivity contribution in [2.24, 2.45) is 0 Å². The molecule has 1 saturated carbocycles. The van der Waals surface area contributed by atoms with Crippen molar-refractivity contribution >= 4 is 5.91 Å². The first-order valence-electron chi connectivity index (χ1n) is 8.75. The monoisotopic (exact) mass is 340 g/mol. The number of carbonyl (C=O) groups is 1. The molecule has 5 heteroatoms. The number of hydrogen-bond donors (Lipinski definition) is 2. The van der Waals surface area contributed by atoms with Crippen LogP contribution in [0.2, 0.25) is 0 Å². The van der Waals surface area contributed by atoms with Crippen molar-refractivity contribution in [3.8, 4) is 5.75 Å². The Labute approximate surface area is 148 Å². The quantitative estimate of drug-likeness (QED) is 0.878. The van der Waals surface area contributed by atoms with Gasteiger partial charge in [-0.15, -0.1) is 0 Å². The van der Waals surface area contributed by atoms with E-state index in [1.807, 2.05) is 37.3 Å². The Morgan fingerprint density at radius 1 is 1.28 bits per heavy atom. The second-order valence-corrected chi connectivity index (χ2v) is 6.56. The maximum Gasteiger partial charge on any atom is 0.251 e. The first-order valence-corrected chi connectivity index (χ1v) is 8.75. The van der Waals surface area contributed by atoms with Crippen LogP contribution < -0.4 is 10.1 Å². The SMILES string of the molecule is Cc1ccc(OCc2cccc(C(=O)NC3CCCCC3O)c2)cn1. The summed E-state index contributed by atoms with van der Waals surface area (Å²) in [5.74, 6) is 0.551. The van der Waals surface area contributed by atoms with Crippen molar-refractivity contribution in [3.05, 3.63) is 59.4 Å². The van der Waals surface area contributed by atoms with E-state index in [-0.39, 0.29) is 11.9 Å².